The molecule has 0 saturated carbocycles. The molecule has 1 aromatic heterocycles. The van der Waals surface area contributed by atoms with Gasteiger partial charge in [-0.3, -0.25) is 4.98 Å². The molecule has 1 aliphatic rings. The topological polar surface area (TPSA) is 54.4 Å². The zero-order valence-corrected chi connectivity index (χ0v) is 17.1. The van der Waals surface area contributed by atoms with Crippen molar-refractivity contribution in [3.8, 4) is 5.75 Å². The fourth-order valence-electron chi connectivity index (χ4n) is 3.79. The highest BCUT2D eigenvalue weighted by Gasteiger charge is 2.55. The summed E-state index contributed by atoms with van der Waals surface area (Å²) in [6, 6.07) is 15.7. The maximum absolute atomic E-state index is 11.2. The SMILES string of the molecule is Cc1ccnc2cc3c(cc12)OC(C)(C)C(O)(Cl)C3NCCc1ccccc1. The molecule has 1 aliphatic heterocycles. The van der Waals surface area contributed by atoms with Crippen molar-refractivity contribution in [3.05, 3.63) is 71.4 Å². The van der Waals surface area contributed by atoms with Gasteiger partial charge in [-0.25, -0.2) is 0 Å². The van der Waals surface area contributed by atoms with Crippen LogP contribution in [0.3, 0.4) is 0 Å². The third-order valence-electron chi connectivity index (χ3n) is 5.60. The molecule has 3 aromatic rings. The standard InChI is InChI=1S/C23H25ClN2O2/c1-15-9-11-25-19-13-18-20(14-17(15)19)28-22(2,3)23(24,27)21(18)26-12-10-16-7-5-4-6-8-16/h4-9,11,13-14,21,26-27H,10,12H2,1-3H3. The zero-order chi connectivity index (χ0) is 19.9. The van der Waals surface area contributed by atoms with Gasteiger partial charge in [0.1, 0.15) is 11.4 Å². The summed E-state index contributed by atoms with van der Waals surface area (Å²) in [6.07, 6.45) is 2.63. The van der Waals surface area contributed by atoms with Gasteiger partial charge in [0.25, 0.3) is 0 Å². The molecule has 4 nitrogen and oxygen atoms in total. The first-order valence-electron chi connectivity index (χ1n) is 9.56. The highest BCUT2D eigenvalue weighted by atomic mass is 35.5. The fraction of sp³-hybridized carbons (Fsp3) is 0.348. The van der Waals surface area contributed by atoms with Crippen molar-refractivity contribution in [2.75, 3.05) is 6.54 Å². The normalized spacial score (nSPS) is 23.2. The maximum Gasteiger partial charge on any atom is 0.197 e. The number of aryl methyl sites for hydroxylation is 1. The molecule has 4 rings (SSSR count). The Balaban J connectivity index is 1.71. The van der Waals surface area contributed by atoms with Gasteiger partial charge >= 0.3 is 0 Å². The molecule has 0 radical (unpaired) electrons. The van der Waals surface area contributed by atoms with E-state index >= 15 is 0 Å². The smallest absolute Gasteiger partial charge is 0.197 e. The molecule has 28 heavy (non-hydrogen) atoms. The van der Waals surface area contributed by atoms with Gasteiger partial charge in [0.15, 0.2) is 5.06 Å². The first kappa shape index (κ1) is 19.2. The van der Waals surface area contributed by atoms with E-state index in [2.05, 4.69) is 29.4 Å². The van der Waals surface area contributed by atoms with Crippen molar-refractivity contribution >= 4 is 22.5 Å². The number of halogens is 1. The summed E-state index contributed by atoms with van der Waals surface area (Å²) in [6.45, 7) is 6.36. The van der Waals surface area contributed by atoms with Crippen LogP contribution >= 0.6 is 11.6 Å². The number of rotatable bonds is 4. The van der Waals surface area contributed by atoms with Crippen LogP contribution in [0.4, 0.5) is 0 Å². The number of nitrogens with zero attached hydrogens (tertiary/aromatic N) is 1. The number of pyridine rings is 1. The van der Waals surface area contributed by atoms with Crippen LogP contribution in [-0.2, 0) is 6.42 Å². The van der Waals surface area contributed by atoms with Crippen LogP contribution in [0.25, 0.3) is 10.9 Å². The number of alkyl halides is 1. The molecule has 0 aliphatic carbocycles. The predicted molar refractivity (Wildman–Crippen MR) is 113 cm³/mol. The van der Waals surface area contributed by atoms with Crippen LogP contribution in [0.2, 0.25) is 0 Å². The van der Waals surface area contributed by atoms with E-state index in [9.17, 15) is 5.11 Å². The van der Waals surface area contributed by atoms with E-state index in [0.717, 1.165) is 34.2 Å². The molecular formula is C23H25ClN2O2. The highest BCUT2D eigenvalue weighted by Crippen LogP contribution is 2.49. The van der Waals surface area contributed by atoms with E-state index in [1.165, 1.54) is 5.56 Å². The minimum absolute atomic E-state index is 0.483. The monoisotopic (exact) mass is 396 g/mol. The number of fused-ring (bicyclic) bond motifs is 2. The summed E-state index contributed by atoms with van der Waals surface area (Å²) in [5.41, 5.74) is 3.10. The van der Waals surface area contributed by atoms with Crippen LogP contribution in [0.15, 0.2) is 54.7 Å². The third-order valence-corrected chi connectivity index (χ3v) is 6.27. The van der Waals surface area contributed by atoms with E-state index in [1.807, 2.05) is 50.2 Å². The summed E-state index contributed by atoms with van der Waals surface area (Å²) >= 11 is 6.67. The molecule has 0 fully saturated rings. The summed E-state index contributed by atoms with van der Waals surface area (Å²) in [7, 11) is 0. The Bertz CT molecular complexity index is 1000. The second-order valence-electron chi connectivity index (χ2n) is 7.94. The number of benzene rings is 2. The molecule has 2 heterocycles. The van der Waals surface area contributed by atoms with Crippen molar-refractivity contribution in [2.45, 2.75) is 43.9 Å². The van der Waals surface area contributed by atoms with Crippen LogP contribution in [0, 0.1) is 6.92 Å². The molecule has 146 valence electrons. The quantitative estimate of drug-likeness (QED) is 0.637. The largest absolute Gasteiger partial charge is 0.483 e. The van der Waals surface area contributed by atoms with Gasteiger partial charge in [-0.05, 0) is 63.1 Å². The van der Waals surface area contributed by atoms with Crippen LogP contribution in [0.5, 0.6) is 5.75 Å². The van der Waals surface area contributed by atoms with Crippen LogP contribution < -0.4 is 10.1 Å². The summed E-state index contributed by atoms with van der Waals surface area (Å²) in [5, 5.41) is 14.1. The number of hydrogen-bond acceptors (Lipinski definition) is 4. The lowest BCUT2D eigenvalue weighted by molar-refractivity contribution is -0.0950. The Hall–Kier alpha value is -2.14. The van der Waals surface area contributed by atoms with Gasteiger partial charge in [-0.2, -0.15) is 0 Å². The van der Waals surface area contributed by atoms with Crippen molar-refractivity contribution in [2.24, 2.45) is 0 Å². The minimum atomic E-state index is -1.60. The average molecular weight is 397 g/mol. The molecule has 2 atom stereocenters. The number of nitrogens with one attached hydrogen (secondary N) is 1. The highest BCUT2D eigenvalue weighted by molar-refractivity contribution is 6.24. The summed E-state index contributed by atoms with van der Waals surface area (Å²) < 4.78 is 6.14. The molecule has 2 N–H and O–H groups in total. The minimum Gasteiger partial charge on any atom is -0.483 e. The number of ether oxygens (including phenoxy) is 1. The fourth-order valence-corrected chi connectivity index (χ4v) is 4.02. The van der Waals surface area contributed by atoms with Crippen molar-refractivity contribution in [1.29, 1.82) is 0 Å². The summed E-state index contributed by atoms with van der Waals surface area (Å²) in [4.78, 5) is 4.49. The van der Waals surface area contributed by atoms with Crippen molar-refractivity contribution < 1.29 is 9.84 Å². The Morgan fingerprint density at radius 2 is 1.93 bits per heavy atom. The van der Waals surface area contributed by atoms with E-state index < -0.39 is 16.7 Å². The van der Waals surface area contributed by atoms with Crippen molar-refractivity contribution in [3.63, 3.8) is 0 Å². The zero-order valence-electron chi connectivity index (χ0n) is 16.4. The lowest BCUT2D eigenvalue weighted by Crippen LogP contribution is -2.60. The van der Waals surface area contributed by atoms with E-state index in [0.29, 0.717) is 6.54 Å². The molecule has 5 heteroatoms. The number of hydrogen-bond donors (Lipinski definition) is 2. The average Bonchev–Trinajstić information content (AvgIpc) is 2.65. The van der Waals surface area contributed by atoms with Gasteiger partial charge in [0.2, 0.25) is 0 Å². The Morgan fingerprint density at radius 1 is 1.18 bits per heavy atom. The Morgan fingerprint density at radius 3 is 2.68 bits per heavy atom. The van der Waals surface area contributed by atoms with Gasteiger partial charge in [0, 0.05) is 17.1 Å². The second kappa shape index (κ2) is 7.03. The molecule has 2 aromatic carbocycles. The first-order chi connectivity index (χ1) is 13.3. The van der Waals surface area contributed by atoms with Gasteiger partial charge in [-0.1, -0.05) is 41.9 Å². The lowest BCUT2D eigenvalue weighted by atomic mass is 9.85. The lowest BCUT2D eigenvalue weighted by Gasteiger charge is -2.48. The molecule has 0 bridgehead atoms. The molecule has 0 spiro atoms. The third kappa shape index (κ3) is 3.26. The number of aliphatic hydroxyl groups is 1. The summed E-state index contributed by atoms with van der Waals surface area (Å²) in [5.74, 6) is 0.733. The maximum atomic E-state index is 11.2. The van der Waals surface area contributed by atoms with Gasteiger partial charge in [0.05, 0.1) is 11.6 Å². The number of aromatic nitrogens is 1. The predicted octanol–water partition coefficient (Wildman–Crippen LogP) is 4.52. The Kier molecular flexibility index (Phi) is 4.82. The van der Waals surface area contributed by atoms with E-state index in [-0.39, 0.29) is 0 Å². The van der Waals surface area contributed by atoms with E-state index in [1.54, 1.807) is 6.20 Å². The molecule has 0 amide bonds. The molecule has 2 unspecified atom stereocenters. The van der Waals surface area contributed by atoms with Gasteiger partial charge < -0.3 is 15.2 Å². The van der Waals surface area contributed by atoms with Crippen LogP contribution in [0.1, 0.15) is 36.6 Å². The Labute approximate surface area is 170 Å². The molecular weight excluding hydrogens is 372 g/mol. The van der Waals surface area contributed by atoms with Gasteiger partial charge in [-0.15, -0.1) is 0 Å². The molecule has 0 saturated heterocycles. The van der Waals surface area contributed by atoms with E-state index in [4.69, 9.17) is 16.3 Å². The second-order valence-corrected chi connectivity index (χ2v) is 8.52. The first-order valence-corrected chi connectivity index (χ1v) is 9.94. The van der Waals surface area contributed by atoms with Crippen molar-refractivity contribution in [1.82, 2.24) is 10.3 Å². The van der Waals surface area contributed by atoms with Crippen LogP contribution in [-0.4, -0.2) is 27.3 Å².